The molecule has 1 aliphatic rings. The first kappa shape index (κ1) is 8.62. The standard InChI is InChI=1S/C10H16O/c1-4-5-10(11)7-6-9(2,3)8-10/h11H,6-8H2,1-3H3. The van der Waals surface area contributed by atoms with Crippen LogP contribution >= 0.6 is 0 Å². The van der Waals surface area contributed by atoms with E-state index in [1.54, 1.807) is 6.92 Å². The van der Waals surface area contributed by atoms with Crippen molar-refractivity contribution in [1.29, 1.82) is 0 Å². The summed E-state index contributed by atoms with van der Waals surface area (Å²) in [6.45, 7) is 6.15. The van der Waals surface area contributed by atoms with Crippen molar-refractivity contribution < 1.29 is 5.11 Å². The van der Waals surface area contributed by atoms with Gasteiger partial charge in [-0.25, -0.2) is 0 Å². The molecule has 11 heavy (non-hydrogen) atoms. The lowest BCUT2D eigenvalue weighted by molar-refractivity contribution is 0.0972. The zero-order valence-corrected chi connectivity index (χ0v) is 7.57. The highest BCUT2D eigenvalue weighted by molar-refractivity contribution is 5.16. The number of rotatable bonds is 0. The fraction of sp³-hybridized carbons (Fsp3) is 0.800. The van der Waals surface area contributed by atoms with Gasteiger partial charge in [0.25, 0.3) is 0 Å². The van der Waals surface area contributed by atoms with Crippen molar-refractivity contribution in [2.45, 2.75) is 45.6 Å². The Hall–Kier alpha value is -0.480. The third kappa shape index (κ3) is 1.97. The van der Waals surface area contributed by atoms with Crippen molar-refractivity contribution in [2.24, 2.45) is 5.41 Å². The van der Waals surface area contributed by atoms with E-state index in [1.165, 1.54) is 0 Å². The Morgan fingerprint density at radius 2 is 1.91 bits per heavy atom. The van der Waals surface area contributed by atoms with E-state index in [9.17, 15) is 5.11 Å². The summed E-state index contributed by atoms with van der Waals surface area (Å²) in [5, 5.41) is 9.85. The molecule has 0 bridgehead atoms. The minimum Gasteiger partial charge on any atom is -0.378 e. The van der Waals surface area contributed by atoms with Crippen molar-refractivity contribution in [3.63, 3.8) is 0 Å². The molecular weight excluding hydrogens is 136 g/mol. The molecule has 0 spiro atoms. The van der Waals surface area contributed by atoms with Gasteiger partial charge in [0.1, 0.15) is 5.60 Å². The summed E-state index contributed by atoms with van der Waals surface area (Å²) in [4.78, 5) is 0. The molecule has 0 radical (unpaired) electrons. The molecule has 1 N–H and O–H groups in total. The van der Waals surface area contributed by atoms with E-state index in [0.29, 0.717) is 0 Å². The highest BCUT2D eigenvalue weighted by Gasteiger charge is 2.40. The van der Waals surface area contributed by atoms with Gasteiger partial charge in [0.15, 0.2) is 0 Å². The van der Waals surface area contributed by atoms with Crippen LogP contribution in [0, 0.1) is 17.3 Å². The van der Waals surface area contributed by atoms with E-state index < -0.39 is 5.60 Å². The summed E-state index contributed by atoms with van der Waals surface area (Å²) in [5.41, 5.74) is -0.406. The van der Waals surface area contributed by atoms with Crippen LogP contribution in [0.2, 0.25) is 0 Å². The Balaban J connectivity index is 2.70. The Kier molecular flexibility index (Phi) is 1.98. The second-order valence-electron chi connectivity index (χ2n) is 4.25. The third-order valence-electron chi connectivity index (χ3n) is 2.34. The van der Waals surface area contributed by atoms with Crippen molar-refractivity contribution in [1.82, 2.24) is 0 Å². The Bertz CT molecular complexity index is 207. The molecule has 1 heteroatoms. The van der Waals surface area contributed by atoms with Crippen molar-refractivity contribution in [3.8, 4) is 11.8 Å². The lowest BCUT2D eigenvalue weighted by Gasteiger charge is -2.19. The maximum atomic E-state index is 9.85. The van der Waals surface area contributed by atoms with Crippen molar-refractivity contribution in [2.75, 3.05) is 0 Å². The van der Waals surface area contributed by atoms with Crippen LogP contribution in [0.25, 0.3) is 0 Å². The largest absolute Gasteiger partial charge is 0.378 e. The molecule has 1 rings (SSSR count). The van der Waals surface area contributed by atoms with Gasteiger partial charge in [0, 0.05) is 0 Å². The average Bonchev–Trinajstić information content (AvgIpc) is 2.07. The molecule has 1 unspecified atom stereocenters. The molecule has 1 atom stereocenters. The summed E-state index contributed by atoms with van der Waals surface area (Å²) < 4.78 is 0. The Labute approximate surface area is 68.8 Å². The van der Waals surface area contributed by atoms with Crippen LogP contribution in [0.15, 0.2) is 0 Å². The number of hydrogen-bond donors (Lipinski definition) is 1. The number of aliphatic hydroxyl groups is 1. The van der Waals surface area contributed by atoms with Crippen LogP contribution in [0.5, 0.6) is 0 Å². The molecule has 1 fully saturated rings. The van der Waals surface area contributed by atoms with Gasteiger partial charge in [-0.1, -0.05) is 19.8 Å². The normalized spacial score (nSPS) is 34.5. The van der Waals surface area contributed by atoms with Crippen LogP contribution in [0.4, 0.5) is 0 Å². The van der Waals surface area contributed by atoms with Gasteiger partial charge in [0.05, 0.1) is 0 Å². The van der Waals surface area contributed by atoms with Crippen LogP contribution in [-0.2, 0) is 0 Å². The predicted molar refractivity (Wildman–Crippen MR) is 46.0 cm³/mol. The molecule has 0 heterocycles. The maximum Gasteiger partial charge on any atom is 0.126 e. The SMILES string of the molecule is CC#CC1(O)CCC(C)(C)C1. The van der Waals surface area contributed by atoms with E-state index in [2.05, 4.69) is 25.7 Å². The van der Waals surface area contributed by atoms with Crippen LogP contribution < -0.4 is 0 Å². The predicted octanol–water partition coefficient (Wildman–Crippen LogP) is 1.95. The summed E-state index contributed by atoms with van der Waals surface area (Å²) in [6.07, 6.45) is 2.74. The molecule has 62 valence electrons. The molecule has 0 aromatic heterocycles. The zero-order valence-electron chi connectivity index (χ0n) is 7.57. The Morgan fingerprint density at radius 3 is 2.27 bits per heavy atom. The van der Waals surface area contributed by atoms with Gasteiger partial charge in [-0.05, 0) is 31.6 Å². The minimum atomic E-state index is -0.682. The highest BCUT2D eigenvalue weighted by Crippen LogP contribution is 2.42. The number of hydrogen-bond acceptors (Lipinski definition) is 1. The zero-order chi connectivity index (χ0) is 8.54. The second-order valence-corrected chi connectivity index (χ2v) is 4.25. The van der Waals surface area contributed by atoms with E-state index in [-0.39, 0.29) is 5.41 Å². The monoisotopic (exact) mass is 152 g/mol. The summed E-state index contributed by atoms with van der Waals surface area (Å²) in [5.74, 6) is 5.67. The van der Waals surface area contributed by atoms with E-state index in [4.69, 9.17) is 0 Å². The molecule has 1 aliphatic carbocycles. The maximum absolute atomic E-state index is 9.85. The molecular formula is C10H16O. The average molecular weight is 152 g/mol. The fourth-order valence-corrected chi connectivity index (χ4v) is 1.85. The second kappa shape index (κ2) is 2.53. The minimum absolute atomic E-state index is 0.276. The lowest BCUT2D eigenvalue weighted by Crippen LogP contribution is -2.23. The lowest BCUT2D eigenvalue weighted by atomic mass is 9.89. The van der Waals surface area contributed by atoms with Gasteiger partial charge in [0.2, 0.25) is 0 Å². The Morgan fingerprint density at radius 1 is 1.27 bits per heavy atom. The first-order valence-corrected chi connectivity index (χ1v) is 4.14. The molecule has 0 amide bonds. The first-order chi connectivity index (χ1) is 4.97. The van der Waals surface area contributed by atoms with Crippen molar-refractivity contribution in [3.05, 3.63) is 0 Å². The highest BCUT2D eigenvalue weighted by atomic mass is 16.3. The van der Waals surface area contributed by atoms with Gasteiger partial charge < -0.3 is 5.11 Å². The van der Waals surface area contributed by atoms with Gasteiger partial charge in [-0.2, -0.15) is 0 Å². The quantitative estimate of drug-likeness (QED) is 0.526. The van der Waals surface area contributed by atoms with Gasteiger partial charge >= 0.3 is 0 Å². The molecule has 1 nitrogen and oxygen atoms in total. The van der Waals surface area contributed by atoms with Crippen LogP contribution in [0.1, 0.15) is 40.0 Å². The van der Waals surface area contributed by atoms with E-state index in [1.807, 2.05) is 0 Å². The van der Waals surface area contributed by atoms with Gasteiger partial charge in [-0.3, -0.25) is 0 Å². The smallest absolute Gasteiger partial charge is 0.126 e. The summed E-state index contributed by atoms with van der Waals surface area (Å²) in [7, 11) is 0. The molecule has 1 saturated carbocycles. The van der Waals surface area contributed by atoms with E-state index in [0.717, 1.165) is 19.3 Å². The van der Waals surface area contributed by atoms with Crippen molar-refractivity contribution >= 4 is 0 Å². The van der Waals surface area contributed by atoms with Gasteiger partial charge in [-0.15, -0.1) is 5.92 Å². The summed E-state index contributed by atoms with van der Waals surface area (Å²) in [6, 6.07) is 0. The first-order valence-electron chi connectivity index (χ1n) is 4.14. The fourth-order valence-electron chi connectivity index (χ4n) is 1.85. The molecule has 0 aromatic carbocycles. The third-order valence-corrected chi connectivity index (χ3v) is 2.34. The van der Waals surface area contributed by atoms with E-state index >= 15 is 0 Å². The topological polar surface area (TPSA) is 20.2 Å². The molecule has 0 aromatic rings. The van der Waals surface area contributed by atoms with Crippen LogP contribution in [0.3, 0.4) is 0 Å². The summed E-state index contributed by atoms with van der Waals surface area (Å²) >= 11 is 0. The molecule has 0 saturated heterocycles. The van der Waals surface area contributed by atoms with Crippen LogP contribution in [-0.4, -0.2) is 10.7 Å². The molecule has 0 aliphatic heterocycles.